The minimum atomic E-state index is -0.221. The fraction of sp³-hybridized carbons (Fsp3) is 0.417. The molecule has 0 aliphatic rings. The van der Waals surface area contributed by atoms with Crippen LogP contribution in [0.5, 0.6) is 0 Å². The van der Waals surface area contributed by atoms with Crippen LogP contribution in [-0.2, 0) is 0 Å². The number of nitrogens with one attached hydrogen (secondary N) is 2. The molecule has 88 valence electrons. The number of benzene rings is 1. The zero-order valence-electron chi connectivity index (χ0n) is 9.66. The molecular weight excluding hydrogens is 204 g/mol. The lowest BCUT2D eigenvalue weighted by molar-refractivity contribution is 0.0922. The van der Waals surface area contributed by atoms with E-state index in [9.17, 15) is 4.79 Å². The molecule has 0 fully saturated rings. The first kappa shape index (κ1) is 12.5. The Morgan fingerprint density at radius 3 is 2.50 bits per heavy atom. The predicted molar refractivity (Wildman–Crippen MR) is 64.6 cm³/mol. The molecule has 1 amide bonds. The first-order chi connectivity index (χ1) is 7.67. The van der Waals surface area contributed by atoms with E-state index in [2.05, 4.69) is 10.6 Å². The predicted octanol–water partition coefficient (Wildman–Crippen LogP) is 1.23. The highest BCUT2D eigenvalue weighted by atomic mass is 16.3. The Kier molecular flexibility index (Phi) is 4.79. The summed E-state index contributed by atoms with van der Waals surface area (Å²) >= 11 is 0. The Labute approximate surface area is 95.7 Å². The fourth-order valence-electron chi connectivity index (χ4n) is 1.30. The Bertz CT molecular complexity index is 335. The SMILES string of the molecule is CCNc1ccc(C(=O)NC(C)CO)cc1. The molecule has 0 saturated carbocycles. The lowest BCUT2D eigenvalue weighted by Gasteiger charge is -2.11. The van der Waals surface area contributed by atoms with Crippen molar-refractivity contribution in [3.63, 3.8) is 0 Å². The van der Waals surface area contributed by atoms with E-state index in [1.165, 1.54) is 0 Å². The molecule has 0 saturated heterocycles. The number of hydrogen-bond donors (Lipinski definition) is 3. The van der Waals surface area contributed by atoms with Gasteiger partial charge in [-0.05, 0) is 38.1 Å². The van der Waals surface area contributed by atoms with Gasteiger partial charge in [0, 0.05) is 23.8 Å². The normalized spacial score (nSPS) is 11.9. The topological polar surface area (TPSA) is 61.4 Å². The zero-order valence-corrected chi connectivity index (χ0v) is 9.66. The van der Waals surface area contributed by atoms with Crippen LogP contribution in [0.1, 0.15) is 24.2 Å². The smallest absolute Gasteiger partial charge is 0.251 e. The van der Waals surface area contributed by atoms with E-state index in [0.29, 0.717) is 5.56 Å². The lowest BCUT2D eigenvalue weighted by atomic mass is 10.2. The van der Waals surface area contributed by atoms with Crippen molar-refractivity contribution in [3.05, 3.63) is 29.8 Å². The Morgan fingerprint density at radius 1 is 1.38 bits per heavy atom. The summed E-state index contributed by atoms with van der Waals surface area (Å²) in [7, 11) is 0. The maximum absolute atomic E-state index is 11.6. The summed E-state index contributed by atoms with van der Waals surface area (Å²) in [5.74, 6) is -0.162. The number of amides is 1. The maximum atomic E-state index is 11.6. The van der Waals surface area contributed by atoms with Crippen molar-refractivity contribution < 1.29 is 9.90 Å². The third-order valence-electron chi connectivity index (χ3n) is 2.18. The van der Waals surface area contributed by atoms with Crippen LogP contribution in [0.4, 0.5) is 5.69 Å². The molecule has 1 rings (SSSR count). The number of carbonyl (C=O) groups is 1. The summed E-state index contributed by atoms with van der Waals surface area (Å²) in [5.41, 5.74) is 1.59. The van der Waals surface area contributed by atoms with Gasteiger partial charge in [0.2, 0.25) is 0 Å². The van der Waals surface area contributed by atoms with E-state index in [1.54, 1.807) is 19.1 Å². The molecule has 1 aromatic rings. The van der Waals surface area contributed by atoms with Gasteiger partial charge in [0.1, 0.15) is 0 Å². The van der Waals surface area contributed by atoms with Crippen molar-refractivity contribution >= 4 is 11.6 Å². The van der Waals surface area contributed by atoms with E-state index in [0.717, 1.165) is 12.2 Å². The van der Waals surface area contributed by atoms with Crippen LogP contribution in [0, 0.1) is 0 Å². The molecule has 0 aliphatic carbocycles. The van der Waals surface area contributed by atoms with Crippen molar-refractivity contribution in [2.45, 2.75) is 19.9 Å². The van der Waals surface area contributed by atoms with Crippen LogP contribution in [0.15, 0.2) is 24.3 Å². The van der Waals surface area contributed by atoms with Gasteiger partial charge in [0.25, 0.3) is 5.91 Å². The third-order valence-corrected chi connectivity index (χ3v) is 2.18. The molecule has 1 unspecified atom stereocenters. The molecule has 1 aromatic carbocycles. The van der Waals surface area contributed by atoms with Crippen molar-refractivity contribution in [3.8, 4) is 0 Å². The Morgan fingerprint density at radius 2 is 2.00 bits per heavy atom. The molecule has 0 aliphatic heterocycles. The van der Waals surface area contributed by atoms with Gasteiger partial charge in [0.05, 0.1) is 6.61 Å². The highest BCUT2D eigenvalue weighted by Crippen LogP contribution is 2.09. The van der Waals surface area contributed by atoms with E-state index < -0.39 is 0 Å². The van der Waals surface area contributed by atoms with Gasteiger partial charge in [-0.1, -0.05) is 0 Å². The van der Waals surface area contributed by atoms with Crippen molar-refractivity contribution in [2.24, 2.45) is 0 Å². The minimum absolute atomic E-state index is 0.0544. The van der Waals surface area contributed by atoms with Crippen molar-refractivity contribution in [1.29, 1.82) is 0 Å². The number of hydrogen-bond acceptors (Lipinski definition) is 3. The second-order valence-corrected chi connectivity index (χ2v) is 3.66. The molecule has 0 bridgehead atoms. The van der Waals surface area contributed by atoms with E-state index in [1.807, 2.05) is 19.1 Å². The summed E-state index contributed by atoms with van der Waals surface area (Å²) in [4.78, 5) is 11.6. The molecule has 0 radical (unpaired) electrons. The Balaban J connectivity index is 2.63. The summed E-state index contributed by atoms with van der Waals surface area (Å²) < 4.78 is 0. The quantitative estimate of drug-likeness (QED) is 0.702. The first-order valence-corrected chi connectivity index (χ1v) is 5.43. The average molecular weight is 222 g/mol. The van der Waals surface area contributed by atoms with Crippen LogP contribution in [-0.4, -0.2) is 30.2 Å². The van der Waals surface area contributed by atoms with E-state index in [-0.39, 0.29) is 18.6 Å². The van der Waals surface area contributed by atoms with Gasteiger partial charge in [-0.25, -0.2) is 0 Å². The number of anilines is 1. The first-order valence-electron chi connectivity index (χ1n) is 5.43. The van der Waals surface area contributed by atoms with Gasteiger partial charge >= 0.3 is 0 Å². The summed E-state index contributed by atoms with van der Waals surface area (Å²) in [6.07, 6.45) is 0. The van der Waals surface area contributed by atoms with Crippen LogP contribution in [0.3, 0.4) is 0 Å². The molecule has 0 aromatic heterocycles. The van der Waals surface area contributed by atoms with Gasteiger partial charge in [-0.2, -0.15) is 0 Å². The lowest BCUT2D eigenvalue weighted by Crippen LogP contribution is -2.34. The zero-order chi connectivity index (χ0) is 12.0. The second kappa shape index (κ2) is 6.12. The highest BCUT2D eigenvalue weighted by molar-refractivity contribution is 5.94. The second-order valence-electron chi connectivity index (χ2n) is 3.66. The molecule has 16 heavy (non-hydrogen) atoms. The maximum Gasteiger partial charge on any atom is 0.251 e. The van der Waals surface area contributed by atoms with Crippen LogP contribution < -0.4 is 10.6 Å². The van der Waals surface area contributed by atoms with Gasteiger partial charge in [0.15, 0.2) is 0 Å². The fourth-order valence-corrected chi connectivity index (χ4v) is 1.30. The average Bonchev–Trinajstić information content (AvgIpc) is 2.30. The summed E-state index contributed by atoms with van der Waals surface area (Å²) in [6, 6.07) is 7.03. The largest absolute Gasteiger partial charge is 0.394 e. The van der Waals surface area contributed by atoms with Crippen molar-refractivity contribution in [1.82, 2.24) is 5.32 Å². The monoisotopic (exact) mass is 222 g/mol. The molecule has 0 heterocycles. The summed E-state index contributed by atoms with van der Waals surface area (Å²) in [5, 5.41) is 14.7. The molecule has 4 nitrogen and oxygen atoms in total. The van der Waals surface area contributed by atoms with Gasteiger partial charge < -0.3 is 15.7 Å². The number of rotatable bonds is 5. The summed E-state index contributed by atoms with van der Waals surface area (Å²) in [6.45, 7) is 4.57. The van der Waals surface area contributed by atoms with Crippen LogP contribution in [0.2, 0.25) is 0 Å². The minimum Gasteiger partial charge on any atom is -0.394 e. The molecule has 1 atom stereocenters. The van der Waals surface area contributed by atoms with Crippen molar-refractivity contribution in [2.75, 3.05) is 18.5 Å². The van der Waals surface area contributed by atoms with Gasteiger partial charge in [-0.15, -0.1) is 0 Å². The van der Waals surface area contributed by atoms with Gasteiger partial charge in [-0.3, -0.25) is 4.79 Å². The van der Waals surface area contributed by atoms with E-state index >= 15 is 0 Å². The number of aliphatic hydroxyl groups excluding tert-OH is 1. The number of carbonyl (C=O) groups excluding carboxylic acids is 1. The van der Waals surface area contributed by atoms with Crippen LogP contribution in [0.25, 0.3) is 0 Å². The standard InChI is InChI=1S/C12H18N2O2/c1-3-13-11-6-4-10(5-7-11)12(16)14-9(2)8-15/h4-7,9,13,15H,3,8H2,1-2H3,(H,14,16). The third kappa shape index (κ3) is 3.55. The van der Waals surface area contributed by atoms with E-state index in [4.69, 9.17) is 5.11 Å². The molecule has 3 N–H and O–H groups in total. The number of aliphatic hydroxyl groups is 1. The van der Waals surface area contributed by atoms with Crippen LogP contribution >= 0.6 is 0 Å². The molecule has 4 heteroatoms. The Hall–Kier alpha value is -1.55. The molecular formula is C12H18N2O2. The molecule has 0 spiro atoms. The highest BCUT2D eigenvalue weighted by Gasteiger charge is 2.08.